The summed E-state index contributed by atoms with van der Waals surface area (Å²) in [5, 5.41) is 0. The summed E-state index contributed by atoms with van der Waals surface area (Å²) in [6, 6.07) is 0. The van der Waals surface area contributed by atoms with Gasteiger partial charge in [0.15, 0.2) is 0 Å². The first-order chi connectivity index (χ1) is 8.07. The maximum atomic E-state index is 3.36. The molecule has 0 heteroatoms. The molecule has 0 atom stereocenters. The van der Waals surface area contributed by atoms with Gasteiger partial charge in [-0.2, -0.15) is 0 Å². The van der Waals surface area contributed by atoms with Gasteiger partial charge in [-0.15, -0.1) is 32.9 Å². The first kappa shape index (κ1) is 36.1. The zero-order valence-electron chi connectivity index (χ0n) is 13.4. The van der Waals surface area contributed by atoms with Gasteiger partial charge in [-0.1, -0.05) is 44.2 Å². The van der Waals surface area contributed by atoms with Crippen molar-refractivity contribution in [2.45, 2.75) is 48.5 Å². The van der Waals surface area contributed by atoms with E-state index in [9.17, 15) is 0 Å². The van der Waals surface area contributed by atoms with Crippen LogP contribution >= 0.6 is 0 Å². The van der Waals surface area contributed by atoms with E-state index in [4.69, 9.17) is 0 Å². The Morgan fingerprint density at radius 3 is 0.412 bits per heavy atom. The van der Waals surface area contributed by atoms with Crippen molar-refractivity contribution in [3.8, 4) is 0 Å². The van der Waals surface area contributed by atoms with Crippen LogP contribution in [0.25, 0.3) is 0 Å². The number of hydrogen-bond donors (Lipinski definition) is 0. The molecular formula is C17H36. The van der Waals surface area contributed by atoms with Crippen LogP contribution in [0.3, 0.4) is 0 Å². The molecule has 0 aliphatic heterocycles. The molecule has 0 nitrogen and oxygen atoms in total. The Balaban J connectivity index is -0.0000000215. The summed E-state index contributed by atoms with van der Waals surface area (Å²) in [6.45, 7) is 30.2. The molecule has 0 spiro atoms. The highest BCUT2D eigenvalue weighted by molar-refractivity contribution is 4.52. The van der Waals surface area contributed by atoms with Gasteiger partial charge in [-0.3, -0.25) is 0 Å². The molecule has 0 saturated carbocycles. The normalized spacial score (nSPS) is 4.18. The Labute approximate surface area is 112 Å². The van der Waals surface area contributed by atoms with E-state index < -0.39 is 0 Å². The van der Waals surface area contributed by atoms with Crippen LogP contribution in [0.5, 0.6) is 0 Å². The van der Waals surface area contributed by atoms with Crippen molar-refractivity contribution in [1.29, 1.82) is 0 Å². The molecule has 0 saturated heterocycles. The van der Waals surface area contributed by atoms with Crippen molar-refractivity contribution >= 4 is 0 Å². The van der Waals surface area contributed by atoms with Gasteiger partial charge in [0.2, 0.25) is 0 Å². The molecule has 0 heterocycles. The standard InChI is InChI=1S/5C3H6.C2H6/c5*1-3-2;1-2/h5*3H,1H2,2H3;1-2H3. The number of allylic oxidation sites excluding steroid dienone is 5. The minimum Gasteiger partial charge on any atom is -0.103 e. The molecule has 0 aromatic rings. The summed E-state index contributed by atoms with van der Waals surface area (Å²) in [5.41, 5.74) is 0. The third kappa shape index (κ3) is 1400. The zero-order valence-corrected chi connectivity index (χ0v) is 13.4. The Morgan fingerprint density at radius 1 is 0.412 bits per heavy atom. The van der Waals surface area contributed by atoms with Crippen LogP contribution in [0.1, 0.15) is 48.5 Å². The summed E-state index contributed by atoms with van der Waals surface area (Å²) in [4.78, 5) is 0. The Bertz CT molecular complexity index is 72.4. The second-order valence-corrected chi connectivity index (χ2v) is 2.04. The molecular weight excluding hydrogens is 204 g/mol. The third-order valence-electron chi connectivity index (χ3n) is 0. The van der Waals surface area contributed by atoms with Gasteiger partial charge in [-0.25, -0.2) is 0 Å². The molecule has 104 valence electrons. The maximum Gasteiger partial charge on any atom is -0.0473 e. The lowest BCUT2D eigenvalue weighted by Crippen LogP contribution is -1.07. The van der Waals surface area contributed by atoms with Crippen LogP contribution in [0.2, 0.25) is 0 Å². The van der Waals surface area contributed by atoms with Gasteiger partial charge in [0, 0.05) is 0 Å². The molecule has 0 unspecified atom stereocenters. The predicted octanol–water partition coefficient (Wildman–Crippen LogP) is 6.99. The minimum atomic E-state index is 1.75. The zero-order chi connectivity index (χ0) is 15.5. The highest BCUT2D eigenvalue weighted by Gasteiger charge is 1.16. The second kappa shape index (κ2) is 202. The monoisotopic (exact) mass is 240 g/mol. The van der Waals surface area contributed by atoms with E-state index in [0.29, 0.717) is 0 Å². The molecule has 0 aromatic heterocycles. The van der Waals surface area contributed by atoms with E-state index in [1.807, 2.05) is 48.5 Å². The Morgan fingerprint density at radius 2 is 0.412 bits per heavy atom. The molecule has 0 bridgehead atoms. The molecule has 0 amide bonds. The molecule has 0 aliphatic carbocycles. The molecule has 0 aliphatic rings. The largest absolute Gasteiger partial charge is 0.103 e. The van der Waals surface area contributed by atoms with Crippen LogP contribution < -0.4 is 0 Å². The number of rotatable bonds is 0. The van der Waals surface area contributed by atoms with Gasteiger partial charge >= 0.3 is 0 Å². The summed E-state index contributed by atoms with van der Waals surface area (Å²) >= 11 is 0. The van der Waals surface area contributed by atoms with Crippen LogP contribution in [0, 0.1) is 0 Å². The fourth-order valence-corrected chi connectivity index (χ4v) is 0. The first-order valence-electron chi connectivity index (χ1n) is 5.93. The fraction of sp³-hybridized carbons (Fsp3) is 0.412. The van der Waals surface area contributed by atoms with Crippen molar-refractivity contribution in [2.24, 2.45) is 0 Å². The smallest absolute Gasteiger partial charge is 0.0473 e. The predicted molar refractivity (Wildman–Crippen MR) is 90.7 cm³/mol. The molecule has 17 heavy (non-hydrogen) atoms. The number of hydrogen-bond acceptors (Lipinski definition) is 0. The van der Waals surface area contributed by atoms with Crippen LogP contribution in [-0.2, 0) is 0 Å². The van der Waals surface area contributed by atoms with Crippen molar-refractivity contribution < 1.29 is 0 Å². The fourth-order valence-electron chi connectivity index (χ4n) is 0. The highest BCUT2D eigenvalue weighted by Crippen LogP contribution is 1.39. The molecule has 0 radical (unpaired) electrons. The topological polar surface area (TPSA) is 0 Å². The van der Waals surface area contributed by atoms with Gasteiger partial charge < -0.3 is 0 Å². The van der Waals surface area contributed by atoms with E-state index in [1.165, 1.54) is 0 Å². The van der Waals surface area contributed by atoms with Crippen molar-refractivity contribution in [3.63, 3.8) is 0 Å². The summed E-state index contributed by atoms with van der Waals surface area (Å²) in [5.74, 6) is 0. The summed E-state index contributed by atoms with van der Waals surface area (Å²) in [6.07, 6.45) is 8.75. The van der Waals surface area contributed by atoms with E-state index in [2.05, 4.69) is 32.9 Å². The van der Waals surface area contributed by atoms with E-state index >= 15 is 0 Å². The van der Waals surface area contributed by atoms with Crippen molar-refractivity contribution in [3.05, 3.63) is 63.3 Å². The van der Waals surface area contributed by atoms with Gasteiger partial charge in [-0.05, 0) is 34.6 Å². The van der Waals surface area contributed by atoms with Crippen LogP contribution in [0.15, 0.2) is 63.3 Å². The second-order valence-electron chi connectivity index (χ2n) is 2.04. The summed E-state index contributed by atoms with van der Waals surface area (Å²) < 4.78 is 0. The summed E-state index contributed by atoms with van der Waals surface area (Å²) in [7, 11) is 0. The average molecular weight is 240 g/mol. The van der Waals surface area contributed by atoms with Gasteiger partial charge in [0.05, 0.1) is 0 Å². The Hall–Kier alpha value is -1.30. The molecule has 0 N–H and O–H groups in total. The van der Waals surface area contributed by atoms with Crippen LogP contribution in [0.4, 0.5) is 0 Å². The molecule has 0 aromatic carbocycles. The van der Waals surface area contributed by atoms with E-state index in [-0.39, 0.29) is 0 Å². The lowest BCUT2D eigenvalue weighted by atomic mass is 10.8. The van der Waals surface area contributed by atoms with Crippen molar-refractivity contribution in [2.75, 3.05) is 0 Å². The SMILES string of the molecule is C=CC.C=CC.C=CC.C=CC.C=CC.CC. The molecule has 0 fully saturated rings. The van der Waals surface area contributed by atoms with Gasteiger partial charge in [0.25, 0.3) is 0 Å². The quantitative estimate of drug-likeness (QED) is 0.400. The van der Waals surface area contributed by atoms with Crippen molar-refractivity contribution in [1.82, 2.24) is 0 Å². The minimum absolute atomic E-state index is 1.75. The first-order valence-corrected chi connectivity index (χ1v) is 5.93. The van der Waals surface area contributed by atoms with E-state index in [1.54, 1.807) is 30.4 Å². The van der Waals surface area contributed by atoms with Gasteiger partial charge in [0.1, 0.15) is 0 Å². The maximum absolute atomic E-state index is 3.36. The lowest BCUT2D eigenvalue weighted by molar-refractivity contribution is 1.50. The average Bonchev–Trinajstić information content (AvgIpc) is 2.25. The Kier molecular flexibility index (Phi) is 427. The molecule has 0 rings (SSSR count). The highest BCUT2D eigenvalue weighted by atomic mass is 13.2. The van der Waals surface area contributed by atoms with E-state index in [0.717, 1.165) is 0 Å². The van der Waals surface area contributed by atoms with Crippen LogP contribution in [-0.4, -0.2) is 0 Å². The third-order valence-corrected chi connectivity index (χ3v) is 0. The lowest BCUT2D eigenvalue weighted by Gasteiger charge is -1.31.